The molecule has 2 nitrogen and oxygen atoms in total. The molecule has 1 N–H and O–H groups in total. The van der Waals surface area contributed by atoms with E-state index in [9.17, 15) is 18.0 Å². The van der Waals surface area contributed by atoms with Crippen LogP contribution in [-0.4, -0.2) is 17.9 Å². The van der Waals surface area contributed by atoms with Crippen LogP contribution in [0.3, 0.4) is 0 Å². The van der Waals surface area contributed by atoms with Crippen LogP contribution in [-0.2, 0) is 0 Å². The van der Waals surface area contributed by atoms with Crippen LogP contribution in [0.2, 0.25) is 0 Å². The fourth-order valence-corrected chi connectivity index (χ4v) is 2.42. The van der Waals surface area contributed by atoms with Gasteiger partial charge in [0.25, 0.3) is 0 Å². The van der Waals surface area contributed by atoms with E-state index >= 15 is 0 Å². The molecular formula is C13H14F3NO. The smallest absolute Gasteiger partial charge is 0.195 e. The Morgan fingerprint density at radius 1 is 1.33 bits per heavy atom. The van der Waals surface area contributed by atoms with Gasteiger partial charge in [-0.2, -0.15) is 0 Å². The van der Waals surface area contributed by atoms with Gasteiger partial charge in [-0.15, -0.1) is 0 Å². The van der Waals surface area contributed by atoms with Crippen LogP contribution in [0.1, 0.15) is 36.5 Å². The first-order chi connectivity index (χ1) is 8.52. The van der Waals surface area contributed by atoms with Gasteiger partial charge < -0.3 is 5.32 Å². The lowest BCUT2D eigenvalue weighted by Gasteiger charge is -2.26. The Kier molecular flexibility index (Phi) is 3.43. The highest BCUT2D eigenvalue weighted by Gasteiger charge is 2.41. The topological polar surface area (TPSA) is 29.1 Å². The summed E-state index contributed by atoms with van der Waals surface area (Å²) >= 11 is 0. The third-order valence-electron chi connectivity index (χ3n) is 3.56. The van der Waals surface area contributed by atoms with E-state index in [0.717, 1.165) is 18.6 Å². The summed E-state index contributed by atoms with van der Waals surface area (Å²) in [7, 11) is 0. The van der Waals surface area contributed by atoms with Crippen molar-refractivity contribution in [2.24, 2.45) is 0 Å². The Morgan fingerprint density at radius 2 is 2.06 bits per heavy atom. The summed E-state index contributed by atoms with van der Waals surface area (Å²) in [5, 5.41) is 3.05. The number of carbonyl (C=O) groups excluding carboxylic acids is 1. The molecule has 0 radical (unpaired) electrons. The maximum absolute atomic E-state index is 13.6. The number of hydrogen-bond acceptors (Lipinski definition) is 2. The molecule has 0 amide bonds. The molecule has 0 saturated carbocycles. The highest BCUT2D eigenvalue weighted by Crippen LogP contribution is 2.29. The van der Waals surface area contributed by atoms with Crippen molar-refractivity contribution in [2.75, 3.05) is 6.54 Å². The molecule has 1 unspecified atom stereocenters. The molecule has 1 aromatic carbocycles. The van der Waals surface area contributed by atoms with Crippen molar-refractivity contribution in [2.45, 2.75) is 31.7 Å². The summed E-state index contributed by atoms with van der Waals surface area (Å²) in [6.07, 6.45) is 1.88. The average Bonchev–Trinajstić information content (AvgIpc) is 2.85. The van der Waals surface area contributed by atoms with Gasteiger partial charge in [0, 0.05) is 0 Å². The zero-order valence-corrected chi connectivity index (χ0v) is 10.0. The fraction of sp³-hybridized carbons (Fsp3) is 0.462. The lowest BCUT2D eigenvalue weighted by Crippen LogP contribution is -2.47. The van der Waals surface area contributed by atoms with E-state index in [-0.39, 0.29) is 5.56 Å². The van der Waals surface area contributed by atoms with Gasteiger partial charge in [0.05, 0.1) is 11.1 Å². The second kappa shape index (κ2) is 4.72. The molecule has 5 heteroatoms. The molecule has 1 fully saturated rings. The molecule has 1 atom stereocenters. The van der Waals surface area contributed by atoms with Crippen molar-refractivity contribution < 1.29 is 18.0 Å². The third kappa shape index (κ3) is 1.92. The molecule has 0 aliphatic carbocycles. The molecule has 18 heavy (non-hydrogen) atoms. The Labute approximate surface area is 103 Å². The number of rotatable bonds is 3. The summed E-state index contributed by atoms with van der Waals surface area (Å²) < 4.78 is 39.6. The van der Waals surface area contributed by atoms with Crippen molar-refractivity contribution in [3.63, 3.8) is 0 Å². The number of benzene rings is 1. The molecule has 1 aromatic rings. The van der Waals surface area contributed by atoms with Crippen LogP contribution >= 0.6 is 0 Å². The lowest BCUT2D eigenvalue weighted by atomic mass is 9.85. The van der Waals surface area contributed by atoms with Gasteiger partial charge in [0.15, 0.2) is 23.2 Å². The number of halogens is 3. The highest BCUT2D eigenvalue weighted by molar-refractivity contribution is 6.03. The Morgan fingerprint density at radius 3 is 2.61 bits per heavy atom. The molecule has 1 saturated heterocycles. The second-order valence-corrected chi connectivity index (χ2v) is 4.52. The van der Waals surface area contributed by atoms with Gasteiger partial charge in [0.2, 0.25) is 0 Å². The largest absolute Gasteiger partial charge is 0.305 e. The van der Waals surface area contributed by atoms with E-state index in [2.05, 4.69) is 5.32 Å². The predicted molar refractivity (Wildman–Crippen MR) is 60.9 cm³/mol. The zero-order valence-electron chi connectivity index (χ0n) is 10.0. The van der Waals surface area contributed by atoms with Crippen LogP contribution in [0.4, 0.5) is 13.2 Å². The minimum absolute atomic E-state index is 0.384. The van der Waals surface area contributed by atoms with Crippen molar-refractivity contribution in [1.29, 1.82) is 0 Å². The standard InChI is InChI=1S/C13H14F3NO/c1-2-13(6-3-7-17-13)12(18)8-4-5-9(14)11(16)10(8)15/h4-5,17H,2-3,6-7H2,1H3. The van der Waals surface area contributed by atoms with Gasteiger partial charge in [-0.05, 0) is 37.9 Å². The minimum atomic E-state index is -1.59. The molecule has 1 aliphatic rings. The van der Waals surface area contributed by atoms with Crippen molar-refractivity contribution in [1.82, 2.24) is 5.32 Å². The van der Waals surface area contributed by atoms with Gasteiger partial charge in [0.1, 0.15) is 0 Å². The molecule has 0 bridgehead atoms. The Balaban J connectivity index is 2.43. The monoisotopic (exact) mass is 257 g/mol. The van der Waals surface area contributed by atoms with Gasteiger partial charge in [-0.1, -0.05) is 6.92 Å². The van der Waals surface area contributed by atoms with E-state index in [1.54, 1.807) is 0 Å². The van der Waals surface area contributed by atoms with E-state index in [0.29, 0.717) is 19.4 Å². The molecular weight excluding hydrogens is 243 g/mol. The molecule has 1 aliphatic heterocycles. The van der Waals surface area contributed by atoms with Crippen LogP contribution in [0.15, 0.2) is 12.1 Å². The Hall–Kier alpha value is -1.36. The van der Waals surface area contributed by atoms with E-state index in [1.165, 1.54) is 0 Å². The van der Waals surface area contributed by atoms with Crippen LogP contribution < -0.4 is 5.32 Å². The van der Waals surface area contributed by atoms with Gasteiger partial charge in [-0.3, -0.25) is 4.79 Å². The maximum Gasteiger partial charge on any atom is 0.195 e. The first-order valence-corrected chi connectivity index (χ1v) is 5.95. The van der Waals surface area contributed by atoms with Gasteiger partial charge >= 0.3 is 0 Å². The van der Waals surface area contributed by atoms with Crippen molar-refractivity contribution in [3.8, 4) is 0 Å². The summed E-state index contributed by atoms with van der Waals surface area (Å²) in [6.45, 7) is 2.49. The van der Waals surface area contributed by atoms with E-state index in [4.69, 9.17) is 0 Å². The molecule has 1 heterocycles. The number of hydrogen-bond donors (Lipinski definition) is 1. The Bertz CT molecular complexity index is 481. The number of carbonyl (C=O) groups is 1. The van der Waals surface area contributed by atoms with Crippen LogP contribution in [0.25, 0.3) is 0 Å². The predicted octanol–water partition coefficient (Wildman–Crippen LogP) is 2.82. The molecule has 98 valence electrons. The summed E-state index contributed by atoms with van der Waals surface area (Å²) in [5.74, 6) is -4.78. The fourth-order valence-electron chi connectivity index (χ4n) is 2.42. The zero-order chi connectivity index (χ0) is 13.3. The molecule has 0 spiro atoms. The number of ketones is 1. The highest BCUT2D eigenvalue weighted by atomic mass is 19.2. The first kappa shape index (κ1) is 13.1. The average molecular weight is 257 g/mol. The second-order valence-electron chi connectivity index (χ2n) is 4.52. The maximum atomic E-state index is 13.6. The number of Topliss-reactive ketones (excluding diaryl/α,β-unsaturated/α-hetero) is 1. The molecule has 2 rings (SSSR count). The van der Waals surface area contributed by atoms with Crippen molar-refractivity contribution in [3.05, 3.63) is 35.1 Å². The SMILES string of the molecule is CCC1(C(=O)c2ccc(F)c(F)c2F)CCCN1. The third-order valence-corrected chi connectivity index (χ3v) is 3.56. The van der Waals surface area contributed by atoms with Crippen molar-refractivity contribution >= 4 is 5.78 Å². The minimum Gasteiger partial charge on any atom is -0.305 e. The number of nitrogens with one attached hydrogen (secondary N) is 1. The van der Waals surface area contributed by atoms with Gasteiger partial charge in [-0.25, -0.2) is 13.2 Å². The quantitative estimate of drug-likeness (QED) is 0.666. The van der Waals surface area contributed by atoms with Crippen LogP contribution in [0.5, 0.6) is 0 Å². The summed E-state index contributed by atoms with van der Waals surface area (Å²) in [6, 6.07) is 1.79. The first-order valence-electron chi connectivity index (χ1n) is 5.95. The summed E-state index contributed by atoms with van der Waals surface area (Å²) in [4.78, 5) is 12.3. The van der Waals surface area contributed by atoms with E-state index < -0.39 is 28.8 Å². The van der Waals surface area contributed by atoms with E-state index in [1.807, 2.05) is 6.92 Å². The normalized spacial score (nSPS) is 23.3. The lowest BCUT2D eigenvalue weighted by molar-refractivity contribution is 0.0858. The molecule has 0 aromatic heterocycles. The van der Waals surface area contributed by atoms with Crippen LogP contribution in [0, 0.1) is 17.5 Å². The summed E-state index contributed by atoms with van der Waals surface area (Å²) in [5.41, 5.74) is -1.23.